The van der Waals surface area contributed by atoms with Gasteiger partial charge in [0.05, 0.1) is 13.2 Å². The number of halogens is 12. The predicted molar refractivity (Wildman–Crippen MR) is 149 cm³/mol. The van der Waals surface area contributed by atoms with Crippen LogP contribution in [0.15, 0.2) is 24.3 Å². The van der Waals surface area contributed by atoms with Gasteiger partial charge in [-0.1, -0.05) is 45.8 Å². The van der Waals surface area contributed by atoms with E-state index in [0.717, 1.165) is 0 Å². The van der Waals surface area contributed by atoms with E-state index in [0.29, 0.717) is 12.8 Å². The Kier molecular flexibility index (Phi) is 17.5. The molecule has 2 N–H and O–H groups in total. The Morgan fingerprint density at radius 2 is 1.04 bits per heavy atom. The number of alkyl halides is 12. The lowest BCUT2D eigenvalue weighted by molar-refractivity contribution is -0.425. The van der Waals surface area contributed by atoms with Crippen molar-refractivity contribution >= 4 is 11.9 Å². The van der Waals surface area contributed by atoms with Crippen LogP contribution in [0.1, 0.15) is 78.1 Å². The SMILES string of the molecule is C=C(C)C(=O)OCC(CCCC(F)(F)C(F)(F)C(F)(F)C(F)(F)C(F)(F)C(F)(F)CCCCCCC)COC(=O)C(=C)CC(CO)CO. The Bertz CT molecular complexity index is 1060. The standard InChI is InChI=1S/C30H42F12O6/c1-5-6-7-8-9-12-25(31,32)27(35,36)29(39,40)30(41,42)28(37,38)26(33,34)13-10-11-21(17-47-23(45)19(2)3)18-48-24(46)20(4)14-22(15-43)16-44/h21-22,43-44H,2,4-18H2,1,3H3. The van der Waals surface area contributed by atoms with Gasteiger partial charge in [-0.25, -0.2) is 9.59 Å². The van der Waals surface area contributed by atoms with Gasteiger partial charge >= 0.3 is 47.5 Å². The highest BCUT2D eigenvalue weighted by atomic mass is 19.4. The third kappa shape index (κ3) is 11.3. The molecule has 48 heavy (non-hydrogen) atoms. The van der Waals surface area contributed by atoms with E-state index in [1.54, 1.807) is 6.92 Å². The smallest absolute Gasteiger partial charge is 0.384 e. The lowest BCUT2D eigenvalue weighted by Crippen LogP contribution is -2.70. The predicted octanol–water partition coefficient (Wildman–Crippen LogP) is 8.15. The molecule has 0 spiro atoms. The molecule has 1 atom stereocenters. The zero-order chi connectivity index (χ0) is 37.8. The fourth-order valence-electron chi connectivity index (χ4n) is 4.18. The zero-order valence-corrected chi connectivity index (χ0v) is 26.5. The first-order valence-electron chi connectivity index (χ1n) is 15.0. The quantitative estimate of drug-likeness (QED) is 0.0427. The zero-order valence-electron chi connectivity index (χ0n) is 26.5. The number of aliphatic hydroxyl groups is 2. The molecule has 0 aromatic rings. The van der Waals surface area contributed by atoms with Gasteiger partial charge in [0.2, 0.25) is 0 Å². The molecule has 0 aliphatic rings. The third-order valence-electron chi connectivity index (χ3n) is 7.39. The van der Waals surface area contributed by atoms with E-state index in [4.69, 9.17) is 19.7 Å². The molecule has 0 radical (unpaired) electrons. The summed E-state index contributed by atoms with van der Waals surface area (Å²) in [6, 6.07) is 0. The van der Waals surface area contributed by atoms with Gasteiger partial charge in [-0.05, 0) is 32.6 Å². The number of carbonyl (C=O) groups excluding carboxylic acids is 2. The summed E-state index contributed by atoms with van der Waals surface area (Å²) in [4.78, 5) is 23.9. The number of rotatable bonds is 25. The molecule has 0 aromatic carbocycles. The van der Waals surface area contributed by atoms with E-state index >= 15 is 0 Å². The van der Waals surface area contributed by atoms with Crippen molar-refractivity contribution in [3.05, 3.63) is 24.3 Å². The van der Waals surface area contributed by atoms with Crippen molar-refractivity contribution in [3.8, 4) is 0 Å². The number of ether oxygens (including phenoxy) is 2. The number of hydrogen-bond acceptors (Lipinski definition) is 6. The van der Waals surface area contributed by atoms with Crippen LogP contribution in [0.4, 0.5) is 52.7 Å². The average Bonchev–Trinajstić information content (AvgIpc) is 2.99. The minimum absolute atomic E-state index is 0.161. The molecule has 0 amide bonds. The van der Waals surface area contributed by atoms with Crippen LogP contribution < -0.4 is 0 Å². The Balaban J connectivity index is 5.85. The van der Waals surface area contributed by atoms with Crippen molar-refractivity contribution in [1.82, 2.24) is 0 Å². The average molecular weight is 727 g/mol. The van der Waals surface area contributed by atoms with Crippen molar-refractivity contribution in [2.75, 3.05) is 26.4 Å². The van der Waals surface area contributed by atoms with Crippen LogP contribution in [0.5, 0.6) is 0 Å². The molecule has 0 aromatic heterocycles. The van der Waals surface area contributed by atoms with Gasteiger partial charge in [0, 0.05) is 49.0 Å². The normalized spacial score (nSPS) is 14.2. The topological polar surface area (TPSA) is 93.1 Å². The summed E-state index contributed by atoms with van der Waals surface area (Å²) in [6.07, 6.45) is -6.66. The molecule has 1 unspecified atom stereocenters. The summed E-state index contributed by atoms with van der Waals surface area (Å²) in [5.74, 6) is -46.2. The highest BCUT2D eigenvalue weighted by Gasteiger charge is 2.89. The summed E-state index contributed by atoms with van der Waals surface area (Å²) in [5.41, 5.74) is -0.444. The van der Waals surface area contributed by atoms with Crippen molar-refractivity contribution in [2.45, 2.75) is 114 Å². The first kappa shape index (κ1) is 45.5. The van der Waals surface area contributed by atoms with E-state index in [9.17, 15) is 62.3 Å². The molecule has 0 saturated carbocycles. The first-order chi connectivity index (χ1) is 21.8. The van der Waals surface area contributed by atoms with Gasteiger partial charge < -0.3 is 19.7 Å². The molecule has 0 saturated heterocycles. The minimum Gasteiger partial charge on any atom is -0.462 e. The Morgan fingerprint density at radius 3 is 1.46 bits per heavy atom. The number of hydrogen-bond donors (Lipinski definition) is 2. The van der Waals surface area contributed by atoms with E-state index in [1.165, 1.54) is 6.92 Å². The molecule has 282 valence electrons. The molecule has 0 bridgehead atoms. The molecule has 0 heterocycles. The van der Waals surface area contributed by atoms with Gasteiger partial charge in [-0.2, -0.15) is 52.7 Å². The third-order valence-corrected chi connectivity index (χ3v) is 7.39. The molecule has 0 aliphatic heterocycles. The molecule has 0 fully saturated rings. The van der Waals surface area contributed by atoms with Crippen molar-refractivity contribution < 1.29 is 82.0 Å². The number of unbranched alkanes of at least 4 members (excludes halogenated alkanes) is 4. The lowest BCUT2D eigenvalue weighted by Gasteiger charge is -2.41. The van der Waals surface area contributed by atoms with Crippen LogP contribution in [-0.2, 0) is 19.1 Å². The van der Waals surface area contributed by atoms with Crippen LogP contribution in [0.2, 0.25) is 0 Å². The summed E-state index contributed by atoms with van der Waals surface area (Å²) in [5, 5.41) is 18.2. The molecular weight excluding hydrogens is 684 g/mol. The van der Waals surface area contributed by atoms with E-state index in [-0.39, 0.29) is 30.4 Å². The maximum absolute atomic E-state index is 14.5. The monoisotopic (exact) mass is 726 g/mol. The molecule has 18 heteroatoms. The minimum atomic E-state index is -7.67. The largest absolute Gasteiger partial charge is 0.462 e. The van der Waals surface area contributed by atoms with Crippen molar-refractivity contribution in [3.63, 3.8) is 0 Å². The molecule has 0 rings (SSSR count). The number of carbonyl (C=O) groups is 2. The maximum Gasteiger partial charge on any atom is 0.384 e. The highest BCUT2D eigenvalue weighted by molar-refractivity contribution is 5.88. The fourth-order valence-corrected chi connectivity index (χ4v) is 4.18. The van der Waals surface area contributed by atoms with E-state index in [1.807, 2.05) is 0 Å². The van der Waals surface area contributed by atoms with Crippen LogP contribution in [-0.4, -0.2) is 84.1 Å². The van der Waals surface area contributed by atoms with Gasteiger partial charge in [0.25, 0.3) is 0 Å². The van der Waals surface area contributed by atoms with Crippen LogP contribution >= 0.6 is 0 Å². The summed E-state index contributed by atoms with van der Waals surface area (Å²) < 4.78 is 181. The summed E-state index contributed by atoms with van der Waals surface area (Å²) >= 11 is 0. The van der Waals surface area contributed by atoms with Crippen LogP contribution in [0, 0.1) is 11.8 Å². The van der Waals surface area contributed by atoms with E-state index < -0.39 is 118 Å². The van der Waals surface area contributed by atoms with Gasteiger partial charge in [0.15, 0.2) is 0 Å². The molecule has 0 aliphatic carbocycles. The first-order valence-corrected chi connectivity index (χ1v) is 15.0. The number of esters is 2. The van der Waals surface area contributed by atoms with Gasteiger partial charge in [-0.15, -0.1) is 0 Å². The van der Waals surface area contributed by atoms with Crippen LogP contribution in [0.25, 0.3) is 0 Å². The Morgan fingerprint density at radius 1 is 0.625 bits per heavy atom. The second-order valence-electron chi connectivity index (χ2n) is 11.6. The van der Waals surface area contributed by atoms with Gasteiger partial charge in [-0.3, -0.25) is 0 Å². The summed E-state index contributed by atoms with van der Waals surface area (Å²) in [6.45, 7) is 6.89. The second-order valence-corrected chi connectivity index (χ2v) is 11.6. The molecule has 6 nitrogen and oxygen atoms in total. The lowest BCUT2D eigenvalue weighted by atomic mass is 9.88. The number of aliphatic hydroxyl groups excluding tert-OH is 2. The Labute approximate surface area is 270 Å². The van der Waals surface area contributed by atoms with Crippen LogP contribution in [0.3, 0.4) is 0 Å². The second kappa shape index (κ2) is 18.5. The summed E-state index contributed by atoms with van der Waals surface area (Å²) in [7, 11) is 0. The van der Waals surface area contributed by atoms with Gasteiger partial charge in [0.1, 0.15) is 0 Å². The van der Waals surface area contributed by atoms with Crippen molar-refractivity contribution in [1.29, 1.82) is 0 Å². The highest BCUT2D eigenvalue weighted by Crippen LogP contribution is 2.61. The van der Waals surface area contributed by atoms with Crippen molar-refractivity contribution in [2.24, 2.45) is 11.8 Å². The maximum atomic E-state index is 14.5. The Hall–Kier alpha value is -2.50. The molecular formula is C30H42F12O6. The van der Waals surface area contributed by atoms with E-state index in [2.05, 4.69) is 13.2 Å². The fraction of sp³-hybridized carbons (Fsp3) is 0.800.